The van der Waals surface area contributed by atoms with Crippen molar-refractivity contribution in [1.82, 2.24) is 0 Å². The van der Waals surface area contributed by atoms with Gasteiger partial charge in [-0.25, -0.2) is 0 Å². The second kappa shape index (κ2) is 4.65. The van der Waals surface area contributed by atoms with Crippen LogP contribution in [0.2, 0.25) is 6.04 Å². The van der Waals surface area contributed by atoms with Crippen LogP contribution in [0.3, 0.4) is 0 Å². The number of halogens is 1. The SMILES string of the molecule is C=[SiH]CC[C@@H]1C[C@H]1CCI. The summed E-state index contributed by atoms with van der Waals surface area (Å²) in [4.78, 5) is 0. The van der Waals surface area contributed by atoms with Crippen molar-refractivity contribution in [3.63, 3.8) is 0 Å². The van der Waals surface area contributed by atoms with E-state index >= 15 is 0 Å². The molecule has 1 saturated carbocycles. The number of hydrogen-bond acceptors (Lipinski definition) is 0. The number of alkyl halides is 1. The third-order valence-corrected chi connectivity index (χ3v) is 3.65. The van der Waals surface area contributed by atoms with E-state index in [4.69, 9.17) is 0 Å². The molecule has 2 heteroatoms. The van der Waals surface area contributed by atoms with Crippen LogP contribution >= 0.6 is 22.6 Å². The normalized spacial score (nSPS) is 30.1. The van der Waals surface area contributed by atoms with E-state index in [-0.39, 0.29) is 0 Å². The zero-order valence-corrected chi connectivity index (χ0v) is 9.66. The first-order valence-corrected chi connectivity index (χ1v) is 7.21. The topological polar surface area (TPSA) is 0 Å². The first kappa shape index (κ1) is 8.91. The monoisotopic (exact) mass is 266 g/mol. The smallest absolute Gasteiger partial charge is 0.000199 e. The van der Waals surface area contributed by atoms with Crippen LogP contribution in [0, 0.1) is 11.8 Å². The van der Waals surface area contributed by atoms with Crippen molar-refractivity contribution >= 4 is 37.9 Å². The van der Waals surface area contributed by atoms with Gasteiger partial charge in [-0.2, -0.15) is 0 Å². The summed E-state index contributed by atoms with van der Waals surface area (Å²) in [6.07, 6.45) is 8.42. The molecule has 0 spiro atoms. The minimum absolute atomic E-state index is 0.527. The first-order chi connectivity index (χ1) is 4.88. The van der Waals surface area contributed by atoms with Gasteiger partial charge in [0, 0.05) is 0 Å². The zero-order valence-electron chi connectivity index (χ0n) is 6.35. The maximum atomic E-state index is 3.94. The molecule has 0 heterocycles. The van der Waals surface area contributed by atoms with Crippen molar-refractivity contribution in [3.8, 4) is 0 Å². The molecule has 1 rings (SSSR count). The fourth-order valence-electron chi connectivity index (χ4n) is 1.49. The van der Waals surface area contributed by atoms with Crippen LogP contribution in [-0.4, -0.2) is 19.7 Å². The molecule has 0 bridgehead atoms. The van der Waals surface area contributed by atoms with Crippen molar-refractivity contribution in [3.05, 3.63) is 0 Å². The van der Waals surface area contributed by atoms with Crippen LogP contribution in [-0.2, 0) is 0 Å². The van der Waals surface area contributed by atoms with E-state index in [1.54, 1.807) is 0 Å². The third-order valence-electron chi connectivity index (χ3n) is 2.29. The van der Waals surface area contributed by atoms with Crippen LogP contribution in [0.15, 0.2) is 0 Å². The van der Waals surface area contributed by atoms with Gasteiger partial charge in [0.1, 0.15) is 0 Å². The lowest BCUT2D eigenvalue weighted by atomic mass is 10.2. The molecule has 0 aromatic heterocycles. The molecule has 1 aliphatic rings. The van der Waals surface area contributed by atoms with Gasteiger partial charge in [0.25, 0.3) is 0 Å². The van der Waals surface area contributed by atoms with E-state index in [1.165, 1.54) is 29.7 Å². The van der Waals surface area contributed by atoms with Gasteiger partial charge in [-0.1, -0.05) is 22.6 Å². The van der Waals surface area contributed by atoms with Crippen LogP contribution in [0.4, 0.5) is 0 Å². The van der Waals surface area contributed by atoms with Gasteiger partial charge in [-0.3, -0.25) is 0 Å². The van der Waals surface area contributed by atoms with Gasteiger partial charge >= 0.3 is 0 Å². The molecule has 10 heavy (non-hydrogen) atoms. The van der Waals surface area contributed by atoms with Crippen molar-refractivity contribution in [1.29, 1.82) is 0 Å². The molecule has 0 saturated heterocycles. The summed E-state index contributed by atoms with van der Waals surface area (Å²) in [6, 6.07) is 1.43. The Kier molecular flexibility index (Phi) is 4.14. The van der Waals surface area contributed by atoms with E-state index in [2.05, 4.69) is 28.8 Å². The molecule has 0 N–H and O–H groups in total. The van der Waals surface area contributed by atoms with Gasteiger partial charge < -0.3 is 0 Å². The predicted octanol–water partition coefficient (Wildman–Crippen LogP) is 2.12. The van der Waals surface area contributed by atoms with Crippen molar-refractivity contribution < 1.29 is 0 Å². The van der Waals surface area contributed by atoms with E-state index < -0.39 is 0 Å². The fourth-order valence-corrected chi connectivity index (χ4v) is 2.95. The van der Waals surface area contributed by atoms with Crippen LogP contribution in [0.25, 0.3) is 0 Å². The fraction of sp³-hybridized carbons (Fsp3) is 0.875. The van der Waals surface area contributed by atoms with Crippen LogP contribution < -0.4 is 0 Å². The number of rotatable bonds is 5. The van der Waals surface area contributed by atoms with Crippen molar-refractivity contribution in [2.45, 2.75) is 25.3 Å². The molecule has 2 atom stereocenters. The second-order valence-electron chi connectivity index (χ2n) is 3.10. The van der Waals surface area contributed by atoms with E-state index in [9.17, 15) is 0 Å². The molecule has 0 nitrogen and oxygen atoms in total. The van der Waals surface area contributed by atoms with Gasteiger partial charge in [-0.15, -0.1) is 6.17 Å². The lowest BCUT2D eigenvalue weighted by Crippen LogP contribution is -1.85. The van der Waals surface area contributed by atoms with E-state index in [1.807, 2.05) is 0 Å². The summed E-state index contributed by atoms with van der Waals surface area (Å²) in [5.74, 6) is 2.23. The molecule has 1 fully saturated rings. The largest absolute Gasteiger partial charge is 0.121 e. The molecule has 58 valence electrons. The Labute approximate surface area is 79.4 Å². The van der Waals surface area contributed by atoms with E-state index in [0.717, 1.165) is 11.8 Å². The number of hydrogen-bond donors (Lipinski definition) is 0. The Bertz CT molecular complexity index is 114. The molecule has 0 aromatic carbocycles. The molecule has 0 aliphatic heterocycles. The minimum Gasteiger partial charge on any atom is -0.121 e. The Balaban J connectivity index is 1.96. The summed E-state index contributed by atoms with van der Waals surface area (Å²) >= 11 is 2.48. The molecule has 1 aliphatic carbocycles. The molecule has 0 aromatic rings. The summed E-state index contributed by atoms with van der Waals surface area (Å²) in [7, 11) is 0.527. The Morgan fingerprint density at radius 2 is 2.10 bits per heavy atom. The molecular formula is C8H15ISi. The standard InChI is InChI=1S/C8H15ISi/c1-10-5-3-8-6-7(8)2-4-9/h7-8,10H,1-6H2/t7-,8-/m1/s1. The highest BCUT2D eigenvalue weighted by molar-refractivity contribution is 14.1. The minimum atomic E-state index is 0.527. The van der Waals surface area contributed by atoms with Gasteiger partial charge in [0.15, 0.2) is 0 Å². The van der Waals surface area contributed by atoms with E-state index in [0.29, 0.717) is 9.13 Å². The molecule has 0 amide bonds. The predicted molar refractivity (Wildman–Crippen MR) is 58.8 cm³/mol. The highest BCUT2D eigenvalue weighted by Crippen LogP contribution is 2.44. The highest BCUT2D eigenvalue weighted by Gasteiger charge is 2.34. The van der Waals surface area contributed by atoms with Crippen LogP contribution in [0.1, 0.15) is 19.3 Å². The Hall–Kier alpha value is 0.817. The lowest BCUT2D eigenvalue weighted by Gasteiger charge is -1.93. The Morgan fingerprint density at radius 1 is 1.40 bits per heavy atom. The maximum Gasteiger partial charge on any atom is -0.000199 e. The van der Waals surface area contributed by atoms with Gasteiger partial charge in [0.05, 0.1) is 0 Å². The molecular weight excluding hydrogens is 251 g/mol. The summed E-state index contributed by atoms with van der Waals surface area (Å²) < 4.78 is 1.36. The maximum absolute atomic E-state index is 3.94. The summed E-state index contributed by atoms with van der Waals surface area (Å²) in [5, 5.41) is 0. The Morgan fingerprint density at radius 3 is 2.70 bits per heavy atom. The van der Waals surface area contributed by atoms with Gasteiger partial charge in [-0.05, 0) is 50.7 Å². The first-order valence-electron chi connectivity index (χ1n) is 4.05. The average molecular weight is 266 g/mol. The summed E-state index contributed by atoms with van der Waals surface area (Å²) in [6.45, 7) is 0. The highest BCUT2D eigenvalue weighted by atomic mass is 127. The van der Waals surface area contributed by atoms with Crippen LogP contribution in [0.5, 0.6) is 0 Å². The average Bonchev–Trinajstić information content (AvgIpc) is 2.65. The zero-order chi connectivity index (χ0) is 7.40. The summed E-state index contributed by atoms with van der Waals surface area (Å²) in [5.41, 5.74) is 0. The van der Waals surface area contributed by atoms with Gasteiger partial charge in [0.2, 0.25) is 0 Å². The third kappa shape index (κ3) is 2.82. The lowest BCUT2D eigenvalue weighted by molar-refractivity contribution is 0.670. The second-order valence-corrected chi connectivity index (χ2v) is 5.33. The molecule has 0 radical (unpaired) electrons. The quantitative estimate of drug-likeness (QED) is 0.406. The molecule has 0 unspecified atom stereocenters. The van der Waals surface area contributed by atoms with Crippen molar-refractivity contribution in [2.75, 3.05) is 4.43 Å². The van der Waals surface area contributed by atoms with Crippen molar-refractivity contribution in [2.24, 2.45) is 11.8 Å².